The van der Waals surface area contributed by atoms with E-state index >= 15 is 0 Å². The van der Waals surface area contributed by atoms with Gasteiger partial charge in [-0.1, -0.05) is 170 Å². The summed E-state index contributed by atoms with van der Waals surface area (Å²) in [4.78, 5) is 2.33. The van der Waals surface area contributed by atoms with Crippen LogP contribution in [0.1, 0.15) is 53.5 Å². The lowest BCUT2D eigenvalue weighted by molar-refractivity contribution is 0.291. The highest BCUT2D eigenvalue weighted by atomic mass is 16.6. The third kappa shape index (κ3) is 5.53. The van der Waals surface area contributed by atoms with Crippen LogP contribution in [0.25, 0.3) is 44.5 Å². The number of nitrogens with zero attached hydrogens (tertiary/aromatic N) is 1. The van der Waals surface area contributed by atoms with E-state index in [1.54, 1.807) is 0 Å². The van der Waals surface area contributed by atoms with Crippen LogP contribution in [-0.4, -0.2) is 0 Å². The molecule has 5 aliphatic rings. The number of ether oxygens (including phenoxy) is 2. The molecule has 8 aromatic rings. The number of rotatable bonds is 6. The molecule has 1 heterocycles. The number of benzene rings is 8. The number of fused-ring (bicyclic) bond motifs is 11. The Hall–Kier alpha value is -7.88. The van der Waals surface area contributed by atoms with E-state index in [-0.39, 0.29) is 5.41 Å². The Labute approximate surface area is 374 Å². The molecule has 13 rings (SSSR count). The molecule has 0 atom stereocenters. The Morgan fingerprint density at radius 3 is 1.61 bits per heavy atom. The normalized spacial score (nSPS) is 15.8. The second-order valence-corrected chi connectivity index (χ2v) is 17.3. The van der Waals surface area contributed by atoms with Crippen molar-refractivity contribution in [1.82, 2.24) is 0 Å². The van der Waals surface area contributed by atoms with E-state index in [0.29, 0.717) is 0 Å². The van der Waals surface area contributed by atoms with Gasteiger partial charge in [0.05, 0.1) is 11.1 Å². The molecule has 0 aromatic heterocycles. The van der Waals surface area contributed by atoms with Gasteiger partial charge in [0.15, 0.2) is 17.3 Å². The van der Waals surface area contributed by atoms with E-state index < -0.39 is 0 Å². The molecule has 0 saturated heterocycles. The van der Waals surface area contributed by atoms with Gasteiger partial charge in [-0.25, -0.2) is 0 Å². The van der Waals surface area contributed by atoms with Crippen molar-refractivity contribution in [2.24, 2.45) is 0 Å². The summed E-state index contributed by atoms with van der Waals surface area (Å²) in [6, 6.07) is 70.6. The fraction of sp³-hybridized carbons (Fsp3) is 0.0820. The van der Waals surface area contributed by atoms with Gasteiger partial charge in [0.1, 0.15) is 5.76 Å². The Kier molecular flexibility index (Phi) is 8.39. The summed E-state index contributed by atoms with van der Waals surface area (Å²) in [7, 11) is 0. The molecule has 0 amide bonds. The molecule has 304 valence electrons. The Balaban J connectivity index is 0.897. The van der Waals surface area contributed by atoms with Crippen LogP contribution in [-0.2, 0) is 5.41 Å². The Morgan fingerprint density at radius 2 is 0.969 bits per heavy atom. The van der Waals surface area contributed by atoms with Gasteiger partial charge in [-0.05, 0) is 128 Å². The second kappa shape index (κ2) is 14.6. The molecule has 0 N–H and O–H groups in total. The highest BCUT2D eigenvalue weighted by Crippen LogP contribution is 2.65. The zero-order valence-electron chi connectivity index (χ0n) is 35.3. The summed E-state index contributed by atoms with van der Waals surface area (Å²) in [6.07, 6.45) is 10.4. The summed E-state index contributed by atoms with van der Waals surface area (Å²) in [6.45, 7) is 0. The molecule has 8 aromatic carbocycles. The summed E-state index contributed by atoms with van der Waals surface area (Å²) < 4.78 is 14.1. The minimum atomic E-state index is -0.370. The fourth-order valence-electron chi connectivity index (χ4n) is 11.2. The van der Waals surface area contributed by atoms with Crippen molar-refractivity contribution in [3.8, 4) is 44.9 Å². The smallest absolute Gasteiger partial charge is 0.173 e. The molecule has 64 heavy (non-hydrogen) atoms. The average molecular weight is 822 g/mol. The Bertz CT molecular complexity index is 3270. The minimum Gasteiger partial charge on any atom is -0.454 e. The van der Waals surface area contributed by atoms with Gasteiger partial charge in [-0.3, -0.25) is 0 Å². The van der Waals surface area contributed by atoms with Crippen molar-refractivity contribution in [2.75, 3.05) is 4.90 Å². The summed E-state index contributed by atoms with van der Waals surface area (Å²) in [5.74, 6) is 3.19. The van der Waals surface area contributed by atoms with Crippen molar-refractivity contribution in [1.29, 1.82) is 0 Å². The first-order valence-corrected chi connectivity index (χ1v) is 22.5. The first kappa shape index (κ1) is 36.7. The van der Waals surface area contributed by atoms with Gasteiger partial charge in [0.25, 0.3) is 0 Å². The predicted octanol–water partition coefficient (Wildman–Crippen LogP) is 15.8. The molecule has 0 saturated carbocycles. The molecular formula is C61H43NO2. The van der Waals surface area contributed by atoms with Gasteiger partial charge in [-0.15, -0.1) is 0 Å². The SMILES string of the molecule is C1=CCCC(c2ccc(N(c3ccc(-c4ccccc4-c4ccccc4)cc3)c3ccc4c(c3)OC3=C(O4)C4=C(CC3)C3(c5ccccc54)c4ccccc4-c4ccccc43)cc2)=C1. The zero-order valence-corrected chi connectivity index (χ0v) is 35.3. The molecule has 0 unspecified atom stereocenters. The van der Waals surface area contributed by atoms with Gasteiger partial charge in [0, 0.05) is 29.4 Å². The molecule has 0 fully saturated rings. The summed E-state index contributed by atoms with van der Waals surface area (Å²) in [5.41, 5.74) is 20.6. The quantitative estimate of drug-likeness (QED) is 0.167. The highest BCUT2D eigenvalue weighted by molar-refractivity contribution is 5.99. The number of hydrogen-bond acceptors (Lipinski definition) is 3. The lowest BCUT2D eigenvalue weighted by Crippen LogP contribution is -2.29. The minimum absolute atomic E-state index is 0.370. The van der Waals surface area contributed by atoms with Gasteiger partial charge >= 0.3 is 0 Å². The van der Waals surface area contributed by atoms with Crippen LogP contribution < -0.4 is 14.4 Å². The van der Waals surface area contributed by atoms with Crippen LogP contribution in [0.3, 0.4) is 0 Å². The van der Waals surface area contributed by atoms with E-state index in [2.05, 4.69) is 217 Å². The lowest BCUT2D eigenvalue weighted by atomic mass is 9.68. The highest BCUT2D eigenvalue weighted by Gasteiger charge is 2.55. The first-order valence-electron chi connectivity index (χ1n) is 22.5. The summed E-state index contributed by atoms with van der Waals surface area (Å²) in [5, 5.41) is 0. The van der Waals surface area contributed by atoms with Gasteiger partial charge in [-0.2, -0.15) is 0 Å². The topological polar surface area (TPSA) is 21.7 Å². The van der Waals surface area contributed by atoms with Crippen molar-refractivity contribution in [3.05, 3.63) is 257 Å². The molecule has 0 bridgehead atoms. The maximum absolute atomic E-state index is 7.09. The maximum Gasteiger partial charge on any atom is 0.173 e. The second-order valence-electron chi connectivity index (χ2n) is 17.3. The number of allylic oxidation sites excluding steroid dienone is 7. The number of anilines is 3. The van der Waals surface area contributed by atoms with Crippen LogP contribution in [0.4, 0.5) is 17.1 Å². The van der Waals surface area contributed by atoms with Crippen LogP contribution in [0, 0.1) is 0 Å². The fourth-order valence-corrected chi connectivity index (χ4v) is 11.2. The lowest BCUT2D eigenvalue weighted by Gasteiger charge is -2.35. The van der Waals surface area contributed by atoms with E-state index in [1.165, 1.54) is 77.9 Å². The third-order valence-corrected chi connectivity index (χ3v) is 14.0. The van der Waals surface area contributed by atoms with E-state index in [1.807, 2.05) is 0 Å². The standard InChI is InChI=1S/C61H43NO2/c1-3-15-40(16-4-1)41-27-31-44(32-28-41)62(45-33-29-43(30-34-45)48-20-8-7-19-47(48)42-17-5-2-6-18-42)46-35-37-56-58(39-46)63-57-38-36-55-59(60(57)64-56)51-23-11-14-26-54(51)61(55)52-24-12-9-21-49(52)50-22-10-13-25-53(50)61/h1-3,5-15,17-35,37,39H,4,16,36,38H2. The largest absolute Gasteiger partial charge is 0.454 e. The molecule has 1 spiro atoms. The van der Waals surface area contributed by atoms with Crippen LogP contribution in [0.15, 0.2) is 229 Å². The van der Waals surface area contributed by atoms with Crippen LogP contribution in [0.2, 0.25) is 0 Å². The van der Waals surface area contributed by atoms with Crippen LogP contribution >= 0.6 is 0 Å². The monoisotopic (exact) mass is 821 g/mol. The van der Waals surface area contributed by atoms with E-state index in [4.69, 9.17) is 9.47 Å². The molecule has 3 heteroatoms. The van der Waals surface area contributed by atoms with E-state index in [0.717, 1.165) is 65.8 Å². The average Bonchev–Trinajstić information content (AvgIpc) is 3.84. The van der Waals surface area contributed by atoms with Crippen molar-refractivity contribution < 1.29 is 9.47 Å². The van der Waals surface area contributed by atoms with Gasteiger partial charge in [0.2, 0.25) is 0 Å². The van der Waals surface area contributed by atoms with Crippen molar-refractivity contribution in [2.45, 2.75) is 31.1 Å². The maximum atomic E-state index is 7.09. The zero-order chi connectivity index (χ0) is 42.2. The van der Waals surface area contributed by atoms with Crippen LogP contribution in [0.5, 0.6) is 11.5 Å². The van der Waals surface area contributed by atoms with Crippen molar-refractivity contribution >= 4 is 28.2 Å². The van der Waals surface area contributed by atoms with Gasteiger partial charge < -0.3 is 14.4 Å². The Morgan fingerprint density at radius 1 is 0.422 bits per heavy atom. The third-order valence-electron chi connectivity index (χ3n) is 14.0. The molecule has 0 radical (unpaired) electrons. The molecule has 4 aliphatic carbocycles. The molecule has 1 aliphatic heterocycles. The number of hydrogen-bond donors (Lipinski definition) is 0. The molecule has 3 nitrogen and oxygen atoms in total. The predicted molar refractivity (Wildman–Crippen MR) is 261 cm³/mol. The van der Waals surface area contributed by atoms with Crippen molar-refractivity contribution in [3.63, 3.8) is 0 Å². The van der Waals surface area contributed by atoms with E-state index in [9.17, 15) is 0 Å². The summed E-state index contributed by atoms with van der Waals surface area (Å²) >= 11 is 0. The first-order chi connectivity index (χ1) is 31.7. The molecular weight excluding hydrogens is 779 g/mol.